The lowest BCUT2D eigenvalue weighted by molar-refractivity contribution is -0.137. The lowest BCUT2D eigenvalue weighted by Crippen LogP contribution is -2.36. The van der Waals surface area contributed by atoms with Crippen molar-refractivity contribution in [1.29, 1.82) is 0 Å². The van der Waals surface area contributed by atoms with Crippen molar-refractivity contribution in [2.45, 2.75) is 88.5 Å². The minimum absolute atomic E-state index is 0.0583. The molecule has 210 valence electrons. The van der Waals surface area contributed by atoms with Gasteiger partial charge in [-0.2, -0.15) is 13.2 Å². The first-order chi connectivity index (χ1) is 17.7. The number of sulfone groups is 1. The van der Waals surface area contributed by atoms with Gasteiger partial charge in [-0.05, 0) is 104 Å². The Kier molecular flexibility index (Phi) is 8.37. The summed E-state index contributed by atoms with van der Waals surface area (Å²) in [5.41, 5.74) is 2.15. The zero-order valence-corrected chi connectivity index (χ0v) is 23.0. The highest BCUT2D eigenvalue weighted by atomic mass is 32.2. The van der Waals surface area contributed by atoms with Gasteiger partial charge in [0.05, 0.1) is 28.4 Å². The molecule has 0 bridgehead atoms. The van der Waals surface area contributed by atoms with Crippen LogP contribution in [0.2, 0.25) is 0 Å². The fraction of sp³-hybridized carbons (Fsp3) is 0.600. The van der Waals surface area contributed by atoms with E-state index in [4.69, 9.17) is 0 Å². The number of alkyl halides is 3. The molecular weight excluding hydrogens is 513 g/mol. The minimum Gasteiger partial charge on any atom is -0.393 e. The Morgan fingerprint density at radius 2 is 1.84 bits per heavy atom. The van der Waals surface area contributed by atoms with Gasteiger partial charge in [0.25, 0.3) is 0 Å². The maximum atomic E-state index is 12.9. The third-order valence-electron chi connectivity index (χ3n) is 9.37. The molecule has 3 aliphatic rings. The van der Waals surface area contributed by atoms with Crippen LogP contribution in [0.25, 0.3) is 0 Å². The first kappa shape index (κ1) is 29.1. The zero-order chi connectivity index (χ0) is 27.9. The number of allylic oxidation sites excluding steroid dienone is 3. The zero-order valence-electron chi connectivity index (χ0n) is 22.2. The van der Waals surface area contributed by atoms with Crippen LogP contribution in [0, 0.1) is 23.2 Å². The molecule has 0 aliphatic heterocycles. The Morgan fingerprint density at radius 1 is 1.16 bits per heavy atom. The molecule has 3 fully saturated rings. The summed E-state index contributed by atoms with van der Waals surface area (Å²) in [4.78, 5) is -0.0660. The summed E-state index contributed by atoms with van der Waals surface area (Å²) >= 11 is 0. The second kappa shape index (κ2) is 10.9. The second-order valence-corrected chi connectivity index (χ2v) is 13.9. The number of aliphatic hydroxyl groups excluding tert-OH is 2. The van der Waals surface area contributed by atoms with Crippen molar-refractivity contribution in [3.05, 3.63) is 65.3 Å². The van der Waals surface area contributed by atoms with Crippen molar-refractivity contribution in [2.24, 2.45) is 23.2 Å². The van der Waals surface area contributed by atoms with Crippen LogP contribution in [-0.4, -0.2) is 36.6 Å². The number of aliphatic hydroxyl groups is 2. The van der Waals surface area contributed by atoms with Crippen molar-refractivity contribution in [3.8, 4) is 0 Å². The molecular formula is C30H39F3O4S. The van der Waals surface area contributed by atoms with Gasteiger partial charge < -0.3 is 10.2 Å². The smallest absolute Gasteiger partial charge is 0.393 e. The monoisotopic (exact) mass is 552 g/mol. The molecule has 1 aromatic carbocycles. The molecule has 0 aromatic heterocycles. The van der Waals surface area contributed by atoms with Gasteiger partial charge in [0, 0.05) is 6.42 Å². The Bertz CT molecular complexity index is 1200. The predicted molar refractivity (Wildman–Crippen MR) is 142 cm³/mol. The highest BCUT2D eigenvalue weighted by Gasteiger charge is 2.50. The Morgan fingerprint density at radius 3 is 2.50 bits per heavy atom. The maximum absolute atomic E-state index is 12.9. The SMILES string of the molecule is C=C1C(=CC=C2CCC[C@]3(C)[C@@H]([C@H](C)CCS(=O)(=O)c4ccc(C(F)(F)F)cc4)CC[C@@H]23)C[C@H](O)C[C@H]1O. The lowest BCUT2D eigenvalue weighted by atomic mass is 9.61. The van der Waals surface area contributed by atoms with Gasteiger partial charge in [-0.15, -0.1) is 0 Å². The molecule has 38 heavy (non-hydrogen) atoms. The van der Waals surface area contributed by atoms with Gasteiger partial charge in [0.15, 0.2) is 9.84 Å². The molecule has 6 atom stereocenters. The van der Waals surface area contributed by atoms with E-state index in [-0.39, 0.29) is 22.0 Å². The molecule has 0 spiro atoms. The Hall–Kier alpha value is -1.90. The first-order valence-corrected chi connectivity index (χ1v) is 15.2. The summed E-state index contributed by atoms with van der Waals surface area (Å²) in [5, 5.41) is 20.2. The molecule has 0 saturated heterocycles. The normalized spacial score (nSPS) is 33.5. The highest BCUT2D eigenvalue weighted by Crippen LogP contribution is 2.59. The van der Waals surface area contributed by atoms with Crippen LogP contribution < -0.4 is 0 Å². The Balaban J connectivity index is 1.44. The van der Waals surface area contributed by atoms with Gasteiger partial charge in [-0.1, -0.05) is 38.2 Å². The molecule has 2 N–H and O–H groups in total. The molecule has 0 heterocycles. The van der Waals surface area contributed by atoms with E-state index in [2.05, 4.69) is 26.5 Å². The van der Waals surface area contributed by atoms with Crippen LogP contribution in [0.4, 0.5) is 13.2 Å². The van der Waals surface area contributed by atoms with Crippen molar-refractivity contribution >= 4 is 9.84 Å². The van der Waals surface area contributed by atoms with Crippen LogP contribution in [0.5, 0.6) is 0 Å². The van der Waals surface area contributed by atoms with E-state index >= 15 is 0 Å². The minimum atomic E-state index is -4.50. The van der Waals surface area contributed by atoms with E-state index in [1.165, 1.54) is 5.57 Å². The number of halogens is 3. The number of benzene rings is 1. The Labute approximate surface area is 224 Å². The summed E-state index contributed by atoms with van der Waals surface area (Å²) in [6, 6.07) is 3.77. The maximum Gasteiger partial charge on any atom is 0.416 e. The van der Waals surface area contributed by atoms with E-state index in [0.29, 0.717) is 36.7 Å². The van der Waals surface area contributed by atoms with Crippen molar-refractivity contribution < 1.29 is 31.8 Å². The third kappa shape index (κ3) is 5.97. The summed E-state index contributed by atoms with van der Waals surface area (Å²) in [6.45, 7) is 8.44. The molecule has 0 radical (unpaired) electrons. The van der Waals surface area contributed by atoms with Crippen LogP contribution in [0.3, 0.4) is 0 Å². The van der Waals surface area contributed by atoms with E-state index in [1.807, 2.05) is 6.08 Å². The van der Waals surface area contributed by atoms with E-state index in [1.54, 1.807) is 0 Å². The van der Waals surface area contributed by atoms with Crippen LogP contribution >= 0.6 is 0 Å². The third-order valence-corrected chi connectivity index (χ3v) is 11.1. The molecule has 0 unspecified atom stereocenters. The van der Waals surface area contributed by atoms with Gasteiger partial charge in [-0.25, -0.2) is 8.42 Å². The number of hydrogen-bond acceptors (Lipinski definition) is 4. The topological polar surface area (TPSA) is 74.6 Å². The molecule has 4 rings (SSSR count). The molecule has 0 amide bonds. The van der Waals surface area contributed by atoms with Gasteiger partial charge in [0.2, 0.25) is 0 Å². The largest absolute Gasteiger partial charge is 0.416 e. The summed E-state index contributed by atoms with van der Waals surface area (Å²) in [5.74, 6) is 0.840. The fourth-order valence-corrected chi connectivity index (χ4v) is 8.66. The first-order valence-electron chi connectivity index (χ1n) is 13.6. The molecule has 3 aliphatic carbocycles. The standard InChI is InChI=1S/C30H39F3O4S/c1-19(14-16-38(36,37)25-10-8-23(9-11-25)30(31,32)33)26-12-13-27-21(5-4-15-29(26,27)3)6-7-22-17-24(34)18-28(35)20(22)2/h6-11,19,24,26-28,34-35H,2,4-5,12-18H2,1,3H3/t19-,24+,26-,27+,28-,29-/m1/s1. The van der Waals surface area contributed by atoms with Crippen molar-refractivity contribution in [3.63, 3.8) is 0 Å². The van der Waals surface area contributed by atoms with Crippen LogP contribution in [0.1, 0.15) is 70.8 Å². The van der Waals surface area contributed by atoms with E-state index in [9.17, 15) is 31.8 Å². The quantitative estimate of drug-likeness (QED) is 0.415. The summed E-state index contributed by atoms with van der Waals surface area (Å²) in [7, 11) is -3.68. The average Bonchev–Trinajstić information content (AvgIpc) is 3.21. The lowest BCUT2D eigenvalue weighted by Gasteiger charge is -2.44. The molecule has 4 nitrogen and oxygen atoms in total. The average molecular weight is 553 g/mol. The number of hydrogen-bond donors (Lipinski definition) is 2. The number of rotatable bonds is 6. The van der Waals surface area contributed by atoms with Crippen molar-refractivity contribution in [2.75, 3.05) is 5.75 Å². The van der Waals surface area contributed by atoms with Gasteiger partial charge in [-0.3, -0.25) is 0 Å². The van der Waals surface area contributed by atoms with E-state index < -0.39 is 33.8 Å². The summed E-state index contributed by atoms with van der Waals surface area (Å²) < 4.78 is 64.4. The predicted octanol–water partition coefficient (Wildman–Crippen LogP) is 6.65. The van der Waals surface area contributed by atoms with E-state index in [0.717, 1.165) is 61.9 Å². The van der Waals surface area contributed by atoms with Gasteiger partial charge in [0.1, 0.15) is 0 Å². The van der Waals surface area contributed by atoms with Gasteiger partial charge >= 0.3 is 6.18 Å². The van der Waals surface area contributed by atoms with Crippen LogP contribution in [-0.2, 0) is 16.0 Å². The highest BCUT2D eigenvalue weighted by molar-refractivity contribution is 7.91. The van der Waals surface area contributed by atoms with Crippen LogP contribution in [0.15, 0.2) is 64.6 Å². The summed E-state index contributed by atoms with van der Waals surface area (Å²) in [6.07, 6.45) is 4.88. The molecule has 1 aromatic rings. The molecule has 3 saturated carbocycles. The number of fused-ring (bicyclic) bond motifs is 1. The van der Waals surface area contributed by atoms with Crippen molar-refractivity contribution in [1.82, 2.24) is 0 Å². The second-order valence-electron chi connectivity index (χ2n) is 11.8. The fourth-order valence-electron chi connectivity index (χ4n) is 7.19. The molecule has 8 heteroatoms.